The van der Waals surface area contributed by atoms with Crippen molar-refractivity contribution < 1.29 is 5.11 Å². The smallest absolute Gasteiger partial charge is 0.0682 e. The zero-order valence-electron chi connectivity index (χ0n) is 8.23. The summed E-state index contributed by atoms with van der Waals surface area (Å²) in [4.78, 5) is 0. The highest BCUT2D eigenvalue weighted by Gasteiger charge is 2.22. The molecule has 14 heavy (non-hydrogen) atoms. The Hall–Kier alpha value is -0.570. The van der Waals surface area contributed by atoms with E-state index >= 15 is 0 Å². The molecule has 3 heteroatoms. The van der Waals surface area contributed by atoms with Gasteiger partial charge in [-0.3, -0.25) is 0 Å². The molecule has 0 radical (unpaired) electrons. The molecule has 1 fully saturated rings. The van der Waals surface area contributed by atoms with E-state index in [2.05, 4.69) is 36.5 Å². The van der Waals surface area contributed by atoms with Crippen LogP contribution in [0.2, 0.25) is 0 Å². The van der Waals surface area contributed by atoms with E-state index in [0.717, 1.165) is 13.0 Å². The van der Waals surface area contributed by atoms with Gasteiger partial charge in [-0.05, 0) is 18.9 Å². The van der Waals surface area contributed by atoms with Crippen LogP contribution in [-0.2, 0) is 0 Å². The quantitative estimate of drug-likeness (QED) is 0.746. The third-order valence-corrected chi connectivity index (χ3v) is 2.55. The van der Waals surface area contributed by atoms with E-state index in [0.29, 0.717) is 6.04 Å². The van der Waals surface area contributed by atoms with Crippen molar-refractivity contribution in [2.45, 2.75) is 25.5 Å². The minimum absolute atomic E-state index is 0. The molecule has 0 spiro atoms. The van der Waals surface area contributed by atoms with Crippen molar-refractivity contribution in [2.24, 2.45) is 0 Å². The molecule has 0 aromatic heterocycles. The summed E-state index contributed by atoms with van der Waals surface area (Å²) in [5.74, 6) is 0. The van der Waals surface area contributed by atoms with Gasteiger partial charge in [-0.25, -0.2) is 0 Å². The summed E-state index contributed by atoms with van der Waals surface area (Å²) in [5, 5.41) is 12.7. The number of nitrogens with one attached hydrogen (secondary N) is 1. The lowest BCUT2D eigenvalue weighted by molar-refractivity contribution is 0.193. The SMILES string of the molecule is Cc1cccc(C2CC(O)CN2)c1.Cl. The lowest BCUT2D eigenvalue weighted by Crippen LogP contribution is -2.14. The number of hydrogen-bond acceptors (Lipinski definition) is 2. The number of β-amino-alcohol motifs (C(OH)–C–C–N with tert-alkyl or cyclic N) is 1. The Balaban J connectivity index is 0.000000980. The maximum Gasteiger partial charge on any atom is 0.0682 e. The highest BCUT2D eigenvalue weighted by molar-refractivity contribution is 5.85. The van der Waals surface area contributed by atoms with Crippen molar-refractivity contribution in [2.75, 3.05) is 6.54 Å². The topological polar surface area (TPSA) is 32.3 Å². The first-order valence-corrected chi connectivity index (χ1v) is 4.74. The maximum absolute atomic E-state index is 9.37. The third-order valence-electron chi connectivity index (χ3n) is 2.55. The predicted molar refractivity (Wildman–Crippen MR) is 59.8 cm³/mol. The molecule has 2 rings (SSSR count). The molecule has 1 saturated heterocycles. The molecule has 1 aliphatic heterocycles. The molecule has 2 unspecified atom stereocenters. The normalized spacial score (nSPS) is 25.9. The molecule has 1 heterocycles. The molecule has 2 N–H and O–H groups in total. The van der Waals surface area contributed by atoms with Crippen LogP contribution in [0.15, 0.2) is 24.3 Å². The summed E-state index contributed by atoms with van der Waals surface area (Å²) in [7, 11) is 0. The van der Waals surface area contributed by atoms with Crippen LogP contribution >= 0.6 is 12.4 Å². The number of halogens is 1. The molecule has 0 bridgehead atoms. The molecule has 0 saturated carbocycles. The fourth-order valence-corrected chi connectivity index (χ4v) is 1.86. The molecule has 2 atom stereocenters. The first-order chi connectivity index (χ1) is 6.25. The minimum atomic E-state index is -0.175. The van der Waals surface area contributed by atoms with Crippen molar-refractivity contribution in [1.82, 2.24) is 5.32 Å². The molecular weight excluding hydrogens is 198 g/mol. The summed E-state index contributed by atoms with van der Waals surface area (Å²) in [6, 6.07) is 8.79. The molecule has 1 aliphatic rings. The van der Waals surface area contributed by atoms with Gasteiger partial charge in [0.25, 0.3) is 0 Å². The van der Waals surface area contributed by atoms with Gasteiger partial charge >= 0.3 is 0 Å². The standard InChI is InChI=1S/C11H15NO.ClH/c1-8-3-2-4-9(5-8)11-6-10(13)7-12-11;/h2-5,10-13H,6-7H2,1H3;1H. The highest BCUT2D eigenvalue weighted by atomic mass is 35.5. The average molecular weight is 214 g/mol. The van der Waals surface area contributed by atoms with Crippen LogP contribution in [0.4, 0.5) is 0 Å². The van der Waals surface area contributed by atoms with Gasteiger partial charge in [-0.1, -0.05) is 29.8 Å². The van der Waals surface area contributed by atoms with Crippen LogP contribution < -0.4 is 5.32 Å². The van der Waals surface area contributed by atoms with Crippen molar-refractivity contribution >= 4 is 12.4 Å². The van der Waals surface area contributed by atoms with Crippen LogP contribution in [0, 0.1) is 6.92 Å². The number of rotatable bonds is 1. The molecule has 0 aliphatic carbocycles. The lowest BCUT2D eigenvalue weighted by atomic mass is 10.0. The van der Waals surface area contributed by atoms with Crippen LogP contribution in [0.1, 0.15) is 23.6 Å². The largest absolute Gasteiger partial charge is 0.392 e. The van der Waals surface area contributed by atoms with E-state index in [4.69, 9.17) is 0 Å². The van der Waals surface area contributed by atoms with Crippen molar-refractivity contribution in [3.8, 4) is 0 Å². The van der Waals surface area contributed by atoms with Crippen LogP contribution in [-0.4, -0.2) is 17.8 Å². The average Bonchev–Trinajstić information content (AvgIpc) is 2.52. The lowest BCUT2D eigenvalue weighted by Gasteiger charge is -2.10. The number of aliphatic hydroxyl groups is 1. The van der Waals surface area contributed by atoms with Gasteiger partial charge in [0.1, 0.15) is 0 Å². The highest BCUT2D eigenvalue weighted by Crippen LogP contribution is 2.23. The zero-order chi connectivity index (χ0) is 9.26. The van der Waals surface area contributed by atoms with E-state index in [1.54, 1.807) is 0 Å². The molecule has 1 aromatic carbocycles. The summed E-state index contributed by atoms with van der Waals surface area (Å²) < 4.78 is 0. The molecule has 78 valence electrons. The fourth-order valence-electron chi connectivity index (χ4n) is 1.86. The Morgan fingerprint density at radius 3 is 2.79 bits per heavy atom. The molecule has 0 amide bonds. The first kappa shape index (κ1) is 11.5. The Morgan fingerprint density at radius 2 is 2.21 bits per heavy atom. The Morgan fingerprint density at radius 1 is 1.43 bits per heavy atom. The van der Waals surface area contributed by atoms with Crippen LogP contribution in [0.25, 0.3) is 0 Å². The van der Waals surface area contributed by atoms with Gasteiger partial charge in [-0.15, -0.1) is 12.4 Å². The second-order valence-electron chi connectivity index (χ2n) is 3.76. The molecule has 2 nitrogen and oxygen atoms in total. The number of aryl methyl sites for hydroxylation is 1. The Kier molecular flexibility index (Phi) is 3.93. The van der Waals surface area contributed by atoms with E-state index in [-0.39, 0.29) is 18.5 Å². The Bertz CT molecular complexity index is 303. The van der Waals surface area contributed by atoms with Gasteiger partial charge in [0.2, 0.25) is 0 Å². The summed E-state index contributed by atoms with van der Waals surface area (Å²) >= 11 is 0. The summed E-state index contributed by atoms with van der Waals surface area (Å²) in [6.07, 6.45) is 0.661. The van der Waals surface area contributed by atoms with Gasteiger partial charge in [0.05, 0.1) is 6.10 Å². The minimum Gasteiger partial charge on any atom is -0.392 e. The van der Waals surface area contributed by atoms with E-state index in [1.807, 2.05) is 0 Å². The number of hydrogen-bond donors (Lipinski definition) is 2. The fraction of sp³-hybridized carbons (Fsp3) is 0.455. The molecule has 1 aromatic rings. The van der Waals surface area contributed by atoms with Crippen molar-refractivity contribution in [3.05, 3.63) is 35.4 Å². The third kappa shape index (κ3) is 2.47. The van der Waals surface area contributed by atoms with Gasteiger partial charge in [0.15, 0.2) is 0 Å². The number of benzene rings is 1. The maximum atomic E-state index is 9.37. The van der Waals surface area contributed by atoms with Gasteiger partial charge in [0, 0.05) is 12.6 Å². The summed E-state index contributed by atoms with van der Waals surface area (Å²) in [6.45, 7) is 2.81. The monoisotopic (exact) mass is 213 g/mol. The van der Waals surface area contributed by atoms with Gasteiger partial charge in [-0.2, -0.15) is 0 Å². The van der Waals surface area contributed by atoms with Gasteiger partial charge < -0.3 is 10.4 Å². The first-order valence-electron chi connectivity index (χ1n) is 4.74. The van der Waals surface area contributed by atoms with Crippen molar-refractivity contribution in [3.63, 3.8) is 0 Å². The second-order valence-corrected chi connectivity index (χ2v) is 3.76. The molecular formula is C11H16ClNO. The van der Waals surface area contributed by atoms with E-state index in [9.17, 15) is 5.11 Å². The Labute approximate surface area is 90.7 Å². The zero-order valence-corrected chi connectivity index (χ0v) is 9.05. The van der Waals surface area contributed by atoms with Crippen LogP contribution in [0.5, 0.6) is 0 Å². The summed E-state index contributed by atoms with van der Waals surface area (Å²) in [5.41, 5.74) is 2.57. The van der Waals surface area contributed by atoms with E-state index in [1.165, 1.54) is 11.1 Å². The predicted octanol–water partition coefficient (Wildman–Crippen LogP) is 1.81. The van der Waals surface area contributed by atoms with Crippen LogP contribution in [0.3, 0.4) is 0 Å². The van der Waals surface area contributed by atoms with Crippen molar-refractivity contribution in [1.29, 1.82) is 0 Å². The van der Waals surface area contributed by atoms with E-state index < -0.39 is 0 Å². The second kappa shape index (κ2) is 4.78. The number of aliphatic hydroxyl groups excluding tert-OH is 1.